The van der Waals surface area contributed by atoms with Gasteiger partial charge in [0.15, 0.2) is 0 Å². The molecule has 0 aromatic carbocycles. The molecule has 1 aliphatic rings. The van der Waals surface area contributed by atoms with Crippen LogP contribution in [0.25, 0.3) is 0 Å². The highest BCUT2D eigenvalue weighted by molar-refractivity contribution is 5.19. The first-order valence-corrected chi connectivity index (χ1v) is 4.17. The van der Waals surface area contributed by atoms with Crippen molar-refractivity contribution in [2.45, 2.75) is 13.0 Å². The first-order valence-electron chi connectivity index (χ1n) is 4.17. The van der Waals surface area contributed by atoms with Gasteiger partial charge in [0.05, 0.1) is 12.4 Å². The average Bonchev–Trinajstić information content (AvgIpc) is 2.07. The molecule has 3 N–H and O–H groups in total. The maximum absolute atomic E-state index is 9.35. The highest BCUT2D eigenvalue weighted by atomic mass is 16.3. The van der Waals surface area contributed by atoms with Crippen molar-refractivity contribution < 1.29 is 10.2 Å². The molecular formula is C9H15NO2. The van der Waals surface area contributed by atoms with E-state index in [4.69, 9.17) is 5.11 Å². The van der Waals surface area contributed by atoms with Gasteiger partial charge < -0.3 is 15.5 Å². The largest absolute Gasteiger partial charge is 0.512 e. The Hall–Kier alpha value is -0.800. The van der Waals surface area contributed by atoms with E-state index in [1.165, 1.54) is 0 Å². The Morgan fingerprint density at radius 1 is 1.50 bits per heavy atom. The molecule has 1 aliphatic carbocycles. The topological polar surface area (TPSA) is 52.5 Å². The number of rotatable bonds is 3. The van der Waals surface area contributed by atoms with Crippen LogP contribution >= 0.6 is 0 Å². The van der Waals surface area contributed by atoms with Crippen molar-refractivity contribution in [3.63, 3.8) is 0 Å². The van der Waals surface area contributed by atoms with Crippen LogP contribution in [0.15, 0.2) is 24.0 Å². The number of hydrogen-bond donors (Lipinski definition) is 3. The van der Waals surface area contributed by atoms with E-state index in [-0.39, 0.29) is 18.6 Å². The Labute approximate surface area is 72.4 Å². The minimum absolute atomic E-state index is 0.0633. The lowest BCUT2D eigenvalue weighted by Crippen LogP contribution is -2.30. The smallest absolute Gasteiger partial charge is 0.0967 e. The maximum atomic E-state index is 9.35. The van der Waals surface area contributed by atoms with Crippen molar-refractivity contribution in [1.29, 1.82) is 0 Å². The van der Waals surface area contributed by atoms with E-state index < -0.39 is 0 Å². The summed E-state index contributed by atoms with van der Waals surface area (Å²) in [4.78, 5) is 0. The molecule has 2 unspecified atom stereocenters. The summed E-state index contributed by atoms with van der Waals surface area (Å²) in [5.41, 5.74) is 0. The Bertz CT molecular complexity index is 199. The highest BCUT2D eigenvalue weighted by Crippen LogP contribution is 2.15. The second-order valence-electron chi connectivity index (χ2n) is 2.97. The predicted octanol–water partition coefficient (Wildman–Crippen LogP) is 0.585. The van der Waals surface area contributed by atoms with Crippen LogP contribution in [0.2, 0.25) is 0 Å². The third kappa shape index (κ3) is 2.36. The number of hydrogen-bond acceptors (Lipinski definition) is 3. The van der Waals surface area contributed by atoms with Crippen LogP contribution in [0.5, 0.6) is 0 Å². The molecule has 0 aliphatic heterocycles. The number of aliphatic hydroxyl groups is 2. The molecule has 0 fully saturated rings. The number of nitrogens with one attached hydrogen (secondary N) is 1. The molecule has 3 nitrogen and oxygen atoms in total. The number of allylic oxidation sites excluding steroid dienone is 1. The highest BCUT2D eigenvalue weighted by Gasteiger charge is 2.11. The molecule has 12 heavy (non-hydrogen) atoms. The van der Waals surface area contributed by atoms with Gasteiger partial charge in [0.1, 0.15) is 0 Å². The van der Waals surface area contributed by atoms with Gasteiger partial charge in [0.2, 0.25) is 0 Å². The fraction of sp³-hybridized carbons (Fsp3) is 0.556. The third-order valence-electron chi connectivity index (χ3n) is 1.92. The zero-order valence-corrected chi connectivity index (χ0v) is 7.20. The molecule has 0 heterocycles. The van der Waals surface area contributed by atoms with Crippen molar-refractivity contribution >= 4 is 0 Å². The van der Waals surface area contributed by atoms with Gasteiger partial charge >= 0.3 is 0 Å². The molecule has 0 spiro atoms. The van der Waals surface area contributed by atoms with Crippen molar-refractivity contribution in [2.75, 3.05) is 13.2 Å². The molecule has 0 radical (unpaired) electrons. The van der Waals surface area contributed by atoms with Gasteiger partial charge in [0.25, 0.3) is 0 Å². The van der Waals surface area contributed by atoms with Gasteiger partial charge in [-0.1, -0.05) is 19.1 Å². The average molecular weight is 169 g/mol. The van der Waals surface area contributed by atoms with Crippen molar-refractivity contribution in [2.24, 2.45) is 5.92 Å². The summed E-state index contributed by atoms with van der Waals surface area (Å²) in [5, 5.41) is 20.9. The van der Waals surface area contributed by atoms with Crippen LogP contribution in [0.1, 0.15) is 6.92 Å². The molecule has 2 atom stereocenters. The first kappa shape index (κ1) is 9.29. The van der Waals surface area contributed by atoms with Crippen LogP contribution in [-0.2, 0) is 0 Å². The molecule has 1 rings (SSSR count). The SMILES string of the molecule is CC1C=CC(NCCO)C=C1O. The van der Waals surface area contributed by atoms with Gasteiger partial charge in [-0.15, -0.1) is 0 Å². The van der Waals surface area contributed by atoms with Gasteiger partial charge in [-0.3, -0.25) is 0 Å². The van der Waals surface area contributed by atoms with E-state index in [0.717, 1.165) is 0 Å². The predicted molar refractivity (Wildman–Crippen MR) is 47.9 cm³/mol. The van der Waals surface area contributed by atoms with Crippen molar-refractivity contribution in [3.8, 4) is 0 Å². The minimum Gasteiger partial charge on any atom is -0.512 e. The van der Waals surface area contributed by atoms with Crippen molar-refractivity contribution in [1.82, 2.24) is 5.32 Å². The lowest BCUT2D eigenvalue weighted by molar-refractivity contribution is 0.289. The molecule has 68 valence electrons. The Morgan fingerprint density at radius 2 is 2.25 bits per heavy atom. The van der Waals surface area contributed by atoms with E-state index in [9.17, 15) is 5.11 Å². The summed E-state index contributed by atoms with van der Waals surface area (Å²) in [6, 6.07) is 0.0633. The van der Waals surface area contributed by atoms with Gasteiger partial charge in [-0.2, -0.15) is 0 Å². The lowest BCUT2D eigenvalue weighted by Gasteiger charge is -2.17. The zero-order valence-electron chi connectivity index (χ0n) is 7.20. The summed E-state index contributed by atoms with van der Waals surface area (Å²) < 4.78 is 0. The Morgan fingerprint density at radius 3 is 2.83 bits per heavy atom. The van der Waals surface area contributed by atoms with Crippen LogP contribution < -0.4 is 5.32 Å². The molecule has 3 heteroatoms. The minimum atomic E-state index is 0.0633. The quantitative estimate of drug-likeness (QED) is 0.542. The van der Waals surface area contributed by atoms with E-state index in [0.29, 0.717) is 12.3 Å². The maximum Gasteiger partial charge on any atom is 0.0967 e. The zero-order chi connectivity index (χ0) is 8.97. The normalized spacial score (nSPS) is 28.7. The molecule has 0 saturated carbocycles. The van der Waals surface area contributed by atoms with Crippen LogP contribution in [0, 0.1) is 5.92 Å². The molecule has 0 amide bonds. The van der Waals surface area contributed by atoms with Gasteiger partial charge in [0, 0.05) is 18.5 Å². The summed E-state index contributed by atoms with van der Waals surface area (Å²) in [6.07, 6.45) is 5.70. The molecular weight excluding hydrogens is 154 g/mol. The fourth-order valence-corrected chi connectivity index (χ4v) is 1.13. The molecule has 0 aromatic rings. The standard InChI is InChI=1S/C9H15NO2/c1-7-2-3-8(6-9(7)12)10-4-5-11/h2-3,6-8,10-12H,4-5H2,1H3. The third-order valence-corrected chi connectivity index (χ3v) is 1.92. The van der Waals surface area contributed by atoms with E-state index in [1.807, 2.05) is 19.1 Å². The summed E-state index contributed by atoms with van der Waals surface area (Å²) in [5.74, 6) is 0.519. The fourth-order valence-electron chi connectivity index (χ4n) is 1.13. The van der Waals surface area contributed by atoms with Gasteiger partial charge in [-0.05, 0) is 6.08 Å². The van der Waals surface area contributed by atoms with E-state index >= 15 is 0 Å². The second kappa shape index (κ2) is 4.28. The van der Waals surface area contributed by atoms with Crippen LogP contribution in [0.4, 0.5) is 0 Å². The first-order chi connectivity index (χ1) is 5.74. The van der Waals surface area contributed by atoms with E-state index in [2.05, 4.69) is 5.32 Å². The summed E-state index contributed by atoms with van der Waals surface area (Å²) in [7, 11) is 0. The van der Waals surface area contributed by atoms with Crippen LogP contribution in [-0.4, -0.2) is 29.4 Å². The molecule has 0 aromatic heterocycles. The Balaban J connectivity index is 2.43. The summed E-state index contributed by atoms with van der Waals surface area (Å²) in [6.45, 7) is 2.60. The van der Waals surface area contributed by atoms with Crippen LogP contribution in [0.3, 0.4) is 0 Å². The monoisotopic (exact) mass is 169 g/mol. The summed E-state index contributed by atoms with van der Waals surface area (Å²) >= 11 is 0. The molecule has 0 bridgehead atoms. The number of aliphatic hydroxyl groups excluding tert-OH is 2. The van der Waals surface area contributed by atoms with Gasteiger partial charge in [-0.25, -0.2) is 0 Å². The van der Waals surface area contributed by atoms with Crippen molar-refractivity contribution in [3.05, 3.63) is 24.0 Å². The second-order valence-corrected chi connectivity index (χ2v) is 2.97. The Kier molecular flexibility index (Phi) is 3.31. The molecule has 0 saturated heterocycles. The lowest BCUT2D eigenvalue weighted by atomic mass is 10.0. The van der Waals surface area contributed by atoms with E-state index in [1.54, 1.807) is 6.08 Å².